The highest BCUT2D eigenvalue weighted by atomic mass is 79.9. The Hall–Kier alpha value is -1.33. The zero-order chi connectivity index (χ0) is 12.5. The van der Waals surface area contributed by atoms with Gasteiger partial charge in [-0.25, -0.2) is 4.98 Å². The molecular weight excluding hydrogens is 296 g/mol. The minimum atomic E-state index is -0.636. The van der Waals surface area contributed by atoms with Crippen molar-refractivity contribution >= 4 is 15.9 Å². The third-order valence-corrected chi connectivity index (χ3v) is 3.53. The van der Waals surface area contributed by atoms with Crippen molar-refractivity contribution in [2.45, 2.75) is 18.9 Å². The lowest BCUT2D eigenvalue weighted by Crippen LogP contribution is -2.05. The monoisotopic (exact) mass is 308 g/mol. The lowest BCUT2D eigenvalue weighted by atomic mass is 10.0. The van der Waals surface area contributed by atoms with Crippen LogP contribution in [0.25, 0.3) is 0 Å². The van der Waals surface area contributed by atoms with Crippen molar-refractivity contribution in [3.05, 3.63) is 46.0 Å². The van der Waals surface area contributed by atoms with Crippen molar-refractivity contribution in [2.75, 3.05) is 6.61 Å². The topological polar surface area (TPSA) is 58.1 Å². The van der Waals surface area contributed by atoms with E-state index in [0.717, 1.165) is 28.8 Å². The Kier molecular flexibility index (Phi) is 3.09. The van der Waals surface area contributed by atoms with Gasteiger partial charge >= 0.3 is 0 Å². The zero-order valence-corrected chi connectivity index (χ0v) is 11.3. The molecule has 0 fully saturated rings. The molecule has 94 valence electrons. The van der Waals surface area contributed by atoms with E-state index >= 15 is 0 Å². The van der Waals surface area contributed by atoms with Gasteiger partial charge in [0.05, 0.1) is 6.61 Å². The fourth-order valence-electron chi connectivity index (χ4n) is 2.26. The number of hydrogen-bond acceptors (Lipinski definition) is 3. The molecule has 3 rings (SSSR count). The molecule has 4 nitrogen and oxygen atoms in total. The van der Waals surface area contributed by atoms with Gasteiger partial charge in [-0.1, -0.05) is 15.9 Å². The van der Waals surface area contributed by atoms with Crippen molar-refractivity contribution < 1.29 is 9.84 Å². The number of aromatic amines is 1. The first-order valence-electron chi connectivity index (χ1n) is 5.85. The Morgan fingerprint density at radius 2 is 2.39 bits per heavy atom. The lowest BCUT2D eigenvalue weighted by Gasteiger charge is -2.12. The molecule has 1 aliphatic rings. The van der Waals surface area contributed by atoms with Crippen LogP contribution in [-0.4, -0.2) is 21.7 Å². The molecule has 2 aromatic rings. The highest BCUT2D eigenvalue weighted by Gasteiger charge is 2.20. The number of aliphatic hydroxyl groups excluding tert-OH is 1. The fourth-order valence-corrected chi connectivity index (χ4v) is 2.82. The van der Waals surface area contributed by atoms with E-state index in [1.807, 2.05) is 6.07 Å². The molecular formula is C13H13BrN2O2. The van der Waals surface area contributed by atoms with Crippen LogP contribution in [-0.2, 0) is 12.8 Å². The van der Waals surface area contributed by atoms with Crippen molar-refractivity contribution in [1.82, 2.24) is 9.97 Å². The summed E-state index contributed by atoms with van der Waals surface area (Å²) in [7, 11) is 0. The summed E-state index contributed by atoms with van der Waals surface area (Å²) in [4.78, 5) is 7.00. The second kappa shape index (κ2) is 4.74. The molecule has 0 saturated heterocycles. The second-order valence-electron chi connectivity index (χ2n) is 4.35. The normalized spacial score (nSPS) is 15.2. The van der Waals surface area contributed by atoms with Crippen LogP contribution in [0.1, 0.15) is 23.1 Å². The molecule has 1 aromatic heterocycles. The maximum Gasteiger partial charge on any atom is 0.135 e. The number of benzene rings is 1. The maximum absolute atomic E-state index is 10.1. The summed E-state index contributed by atoms with van der Waals surface area (Å²) in [6.45, 7) is 0.718. The molecule has 1 aromatic carbocycles. The SMILES string of the molecule is OC(Cc1cc(Br)cc2c1OCC2)c1ncc[nH]1. The first kappa shape index (κ1) is 11.7. The molecule has 2 N–H and O–H groups in total. The van der Waals surface area contributed by atoms with Gasteiger partial charge in [0, 0.05) is 29.7 Å². The van der Waals surface area contributed by atoms with Gasteiger partial charge < -0.3 is 14.8 Å². The van der Waals surface area contributed by atoms with Gasteiger partial charge in [-0.3, -0.25) is 0 Å². The molecule has 0 bridgehead atoms. The largest absolute Gasteiger partial charge is 0.493 e. The minimum absolute atomic E-state index is 0.495. The molecule has 2 heterocycles. The summed E-state index contributed by atoms with van der Waals surface area (Å²) in [6, 6.07) is 4.07. The number of H-pyrrole nitrogens is 1. The molecule has 1 atom stereocenters. The molecule has 5 heteroatoms. The Labute approximate surface area is 113 Å². The average Bonchev–Trinajstić information content (AvgIpc) is 2.98. The minimum Gasteiger partial charge on any atom is -0.493 e. The van der Waals surface area contributed by atoms with Crippen LogP contribution in [0.5, 0.6) is 5.75 Å². The Bertz CT molecular complexity index is 554. The Morgan fingerprint density at radius 1 is 1.50 bits per heavy atom. The van der Waals surface area contributed by atoms with E-state index in [9.17, 15) is 5.11 Å². The first-order valence-corrected chi connectivity index (χ1v) is 6.65. The summed E-state index contributed by atoms with van der Waals surface area (Å²) < 4.78 is 6.66. The average molecular weight is 309 g/mol. The molecule has 18 heavy (non-hydrogen) atoms. The van der Waals surface area contributed by atoms with E-state index in [1.165, 1.54) is 5.56 Å². The van der Waals surface area contributed by atoms with E-state index in [4.69, 9.17) is 4.74 Å². The van der Waals surface area contributed by atoms with E-state index in [0.29, 0.717) is 12.2 Å². The number of halogens is 1. The molecule has 0 saturated carbocycles. The van der Waals surface area contributed by atoms with Crippen LogP contribution in [0.3, 0.4) is 0 Å². The Morgan fingerprint density at radius 3 is 3.17 bits per heavy atom. The Balaban J connectivity index is 1.89. The summed E-state index contributed by atoms with van der Waals surface area (Å²) in [6.07, 6.45) is 4.14. The van der Waals surface area contributed by atoms with E-state index in [1.54, 1.807) is 12.4 Å². The van der Waals surface area contributed by atoms with E-state index in [-0.39, 0.29) is 0 Å². The summed E-state index contributed by atoms with van der Waals surface area (Å²) >= 11 is 3.49. The van der Waals surface area contributed by atoms with Gasteiger partial charge in [0.2, 0.25) is 0 Å². The van der Waals surface area contributed by atoms with Crippen LogP contribution >= 0.6 is 15.9 Å². The number of fused-ring (bicyclic) bond motifs is 1. The van der Waals surface area contributed by atoms with Crippen molar-refractivity contribution in [3.8, 4) is 5.75 Å². The summed E-state index contributed by atoms with van der Waals surface area (Å²) in [5.41, 5.74) is 2.21. The predicted molar refractivity (Wildman–Crippen MR) is 70.6 cm³/mol. The number of imidazole rings is 1. The zero-order valence-electron chi connectivity index (χ0n) is 9.69. The van der Waals surface area contributed by atoms with E-state index in [2.05, 4.69) is 32.0 Å². The number of aliphatic hydroxyl groups is 1. The molecule has 1 unspecified atom stereocenters. The van der Waals surface area contributed by atoms with Crippen LogP contribution in [0.2, 0.25) is 0 Å². The van der Waals surface area contributed by atoms with Crippen molar-refractivity contribution in [1.29, 1.82) is 0 Å². The van der Waals surface area contributed by atoms with Crippen LogP contribution in [0.15, 0.2) is 29.0 Å². The number of nitrogens with one attached hydrogen (secondary N) is 1. The number of hydrogen-bond donors (Lipinski definition) is 2. The highest BCUT2D eigenvalue weighted by Crippen LogP contribution is 2.34. The predicted octanol–water partition coefficient (Wildman–Crippen LogP) is 2.38. The van der Waals surface area contributed by atoms with Crippen LogP contribution < -0.4 is 4.74 Å². The third kappa shape index (κ3) is 2.15. The summed E-state index contributed by atoms with van der Waals surface area (Å²) in [5.74, 6) is 1.51. The van der Waals surface area contributed by atoms with Gasteiger partial charge in [0.1, 0.15) is 17.7 Å². The number of nitrogens with zero attached hydrogens (tertiary/aromatic N) is 1. The molecule has 0 amide bonds. The van der Waals surface area contributed by atoms with Crippen LogP contribution in [0.4, 0.5) is 0 Å². The quantitative estimate of drug-likeness (QED) is 0.915. The number of ether oxygens (including phenoxy) is 1. The van der Waals surface area contributed by atoms with Gasteiger partial charge in [-0.15, -0.1) is 0 Å². The van der Waals surface area contributed by atoms with Gasteiger partial charge in [0.15, 0.2) is 0 Å². The molecule has 0 spiro atoms. The maximum atomic E-state index is 10.1. The lowest BCUT2D eigenvalue weighted by molar-refractivity contribution is 0.168. The second-order valence-corrected chi connectivity index (χ2v) is 5.26. The van der Waals surface area contributed by atoms with Gasteiger partial charge in [-0.2, -0.15) is 0 Å². The molecule has 0 radical (unpaired) electrons. The van der Waals surface area contributed by atoms with Crippen molar-refractivity contribution in [2.24, 2.45) is 0 Å². The third-order valence-electron chi connectivity index (χ3n) is 3.07. The van der Waals surface area contributed by atoms with Gasteiger partial charge in [-0.05, 0) is 23.3 Å². The number of aromatic nitrogens is 2. The standard InChI is InChI=1S/C13H13BrN2O2/c14-10-5-8-1-4-18-12(8)9(6-10)7-11(17)13-15-2-3-16-13/h2-3,5-6,11,17H,1,4,7H2,(H,15,16). The van der Waals surface area contributed by atoms with Crippen molar-refractivity contribution in [3.63, 3.8) is 0 Å². The smallest absolute Gasteiger partial charge is 0.135 e. The highest BCUT2D eigenvalue weighted by molar-refractivity contribution is 9.10. The van der Waals surface area contributed by atoms with E-state index < -0.39 is 6.10 Å². The summed E-state index contributed by atoms with van der Waals surface area (Å²) in [5, 5.41) is 10.1. The van der Waals surface area contributed by atoms with Gasteiger partial charge in [0.25, 0.3) is 0 Å². The fraction of sp³-hybridized carbons (Fsp3) is 0.308. The van der Waals surface area contributed by atoms with Crippen LogP contribution in [0, 0.1) is 0 Å². The first-order chi connectivity index (χ1) is 8.74. The molecule has 1 aliphatic heterocycles. The molecule has 0 aliphatic carbocycles. The number of rotatable bonds is 3.